The van der Waals surface area contributed by atoms with Crippen LogP contribution in [0.2, 0.25) is 0 Å². The lowest BCUT2D eigenvalue weighted by atomic mass is 10.0. The van der Waals surface area contributed by atoms with E-state index in [1.165, 1.54) is 6.20 Å². The van der Waals surface area contributed by atoms with Gasteiger partial charge in [-0.1, -0.05) is 5.92 Å². The number of amides is 3. The normalized spacial score (nSPS) is 17.7. The molecule has 6 heteroatoms. The first-order valence-electron chi connectivity index (χ1n) is 6.87. The molecule has 2 N–H and O–H groups in total. The summed E-state index contributed by atoms with van der Waals surface area (Å²) in [6, 6.07) is 2.79. The van der Waals surface area contributed by atoms with E-state index < -0.39 is 0 Å². The van der Waals surface area contributed by atoms with Crippen molar-refractivity contribution in [2.24, 2.45) is 0 Å². The van der Waals surface area contributed by atoms with Gasteiger partial charge in [0.05, 0.1) is 11.6 Å². The van der Waals surface area contributed by atoms with Crippen molar-refractivity contribution in [3.8, 4) is 12.3 Å². The lowest BCUT2D eigenvalue weighted by molar-refractivity contribution is 0.0963. The topological polar surface area (TPSA) is 74.3 Å². The maximum Gasteiger partial charge on any atom is 0.324 e. The monoisotopic (exact) mass is 286 g/mol. The molecule has 0 saturated carbocycles. The van der Waals surface area contributed by atoms with Crippen molar-refractivity contribution in [1.82, 2.24) is 15.2 Å². The van der Waals surface area contributed by atoms with Crippen LogP contribution in [-0.4, -0.2) is 41.5 Å². The van der Waals surface area contributed by atoms with Crippen molar-refractivity contribution in [2.75, 3.05) is 18.9 Å². The number of carbonyl (C=O) groups excluding carboxylic acids is 2. The maximum atomic E-state index is 12.2. The number of piperidine rings is 1. The van der Waals surface area contributed by atoms with Gasteiger partial charge < -0.3 is 10.2 Å². The molecule has 1 aliphatic heterocycles. The third-order valence-corrected chi connectivity index (χ3v) is 3.44. The third kappa shape index (κ3) is 3.51. The second-order valence-corrected chi connectivity index (χ2v) is 4.81. The molecule has 0 spiro atoms. The van der Waals surface area contributed by atoms with Crippen molar-refractivity contribution >= 4 is 17.8 Å². The number of rotatable bonds is 2. The smallest absolute Gasteiger partial charge is 0.324 e. The number of nitrogens with zero attached hydrogens (tertiary/aromatic N) is 2. The minimum Gasteiger partial charge on any atom is -0.355 e. The number of hydrogen-bond donors (Lipinski definition) is 2. The minimum atomic E-state index is -0.252. The number of aromatic nitrogens is 1. The van der Waals surface area contributed by atoms with Gasteiger partial charge in [-0.05, 0) is 31.4 Å². The van der Waals surface area contributed by atoms with Crippen LogP contribution in [0.15, 0.2) is 18.3 Å². The van der Waals surface area contributed by atoms with Crippen LogP contribution in [0, 0.1) is 12.3 Å². The summed E-state index contributed by atoms with van der Waals surface area (Å²) in [6.45, 7) is 0.650. The number of pyridine rings is 1. The van der Waals surface area contributed by atoms with Gasteiger partial charge in [-0.25, -0.2) is 9.78 Å². The number of urea groups is 1. The van der Waals surface area contributed by atoms with E-state index in [2.05, 4.69) is 21.5 Å². The van der Waals surface area contributed by atoms with Crippen molar-refractivity contribution in [3.05, 3.63) is 23.9 Å². The standard InChI is InChI=1S/C15H18N4O2/c1-3-12-6-4-5-9-19(12)15(21)18-13-8-7-11(10-17-13)14(20)16-2/h1,7-8,10,12H,4-6,9H2,2H3,(H,16,20)(H,17,18,21). The van der Waals surface area contributed by atoms with E-state index in [4.69, 9.17) is 6.42 Å². The van der Waals surface area contributed by atoms with Gasteiger partial charge in [0.2, 0.25) is 0 Å². The van der Waals surface area contributed by atoms with Gasteiger partial charge in [-0.2, -0.15) is 0 Å². The second kappa shape index (κ2) is 6.75. The highest BCUT2D eigenvalue weighted by atomic mass is 16.2. The van der Waals surface area contributed by atoms with Gasteiger partial charge in [0.1, 0.15) is 5.82 Å². The molecule has 1 unspecified atom stereocenters. The fraction of sp³-hybridized carbons (Fsp3) is 0.400. The number of anilines is 1. The van der Waals surface area contributed by atoms with E-state index in [9.17, 15) is 9.59 Å². The predicted octanol–water partition coefficient (Wildman–Crippen LogP) is 1.46. The second-order valence-electron chi connectivity index (χ2n) is 4.81. The van der Waals surface area contributed by atoms with Gasteiger partial charge in [-0.3, -0.25) is 10.1 Å². The number of carbonyl (C=O) groups is 2. The average molecular weight is 286 g/mol. The summed E-state index contributed by atoms with van der Waals surface area (Å²) < 4.78 is 0. The number of terminal acetylenes is 1. The van der Waals surface area contributed by atoms with Gasteiger partial charge in [0.15, 0.2) is 0 Å². The fourth-order valence-corrected chi connectivity index (χ4v) is 2.28. The highest BCUT2D eigenvalue weighted by molar-refractivity contribution is 5.94. The van der Waals surface area contributed by atoms with Crippen LogP contribution in [0.3, 0.4) is 0 Å². The first kappa shape index (κ1) is 14.9. The molecule has 0 aromatic carbocycles. The van der Waals surface area contributed by atoms with Gasteiger partial charge in [0.25, 0.3) is 5.91 Å². The zero-order valence-corrected chi connectivity index (χ0v) is 11.9. The zero-order chi connectivity index (χ0) is 15.2. The Morgan fingerprint density at radius 1 is 1.43 bits per heavy atom. The molecule has 1 aromatic heterocycles. The van der Waals surface area contributed by atoms with E-state index in [-0.39, 0.29) is 18.0 Å². The van der Waals surface area contributed by atoms with E-state index in [0.717, 1.165) is 19.3 Å². The summed E-state index contributed by atoms with van der Waals surface area (Å²) in [4.78, 5) is 29.3. The fourth-order valence-electron chi connectivity index (χ4n) is 2.28. The largest absolute Gasteiger partial charge is 0.355 e. The molecule has 1 atom stereocenters. The third-order valence-electron chi connectivity index (χ3n) is 3.44. The summed E-state index contributed by atoms with van der Waals surface area (Å²) in [6.07, 6.45) is 9.70. The van der Waals surface area contributed by atoms with Crippen LogP contribution in [0.1, 0.15) is 29.6 Å². The predicted molar refractivity (Wildman–Crippen MR) is 79.8 cm³/mol. The van der Waals surface area contributed by atoms with Crippen molar-refractivity contribution < 1.29 is 9.59 Å². The Hall–Kier alpha value is -2.55. The summed E-state index contributed by atoms with van der Waals surface area (Å²) >= 11 is 0. The van der Waals surface area contributed by atoms with Crippen LogP contribution in [0.5, 0.6) is 0 Å². The summed E-state index contributed by atoms with van der Waals surface area (Å²) in [5, 5.41) is 5.22. The Morgan fingerprint density at radius 3 is 2.86 bits per heavy atom. The summed E-state index contributed by atoms with van der Waals surface area (Å²) in [5.74, 6) is 2.82. The molecule has 2 rings (SSSR count). The Balaban J connectivity index is 2.02. The molecule has 0 aliphatic carbocycles. The van der Waals surface area contributed by atoms with Crippen molar-refractivity contribution in [3.63, 3.8) is 0 Å². The molecule has 110 valence electrons. The number of likely N-dealkylation sites (tertiary alicyclic amines) is 1. The Morgan fingerprint density at radius 2 is 2.24 bits per heavy atom. The van der Waals surface area contributed by atoms with Gasteiger partial charge >= 0.3 is 6.03 Å². The van der Waals surface area contributed by atoms with Crippen LogP contribution in [0.4, 0.5) is 10.6 Å². The van der Waals surface area contributed by atoms with Crippen molar-refractivity contribution in [2.45, 2.75) is 25.3 Å². The highest BCUT2D eigenvalue weighted by Crippen LogP contribution is 2.17. The quantitative estimate of drug-likeness (QED) is 0.808. The Labute approximate surface area is 123 Å². The number of nitrogens with one attached hydrogen (secondary N) is 2. The first-order chi connectivity index (χ1) is 10.2. The zero-order valence-electron chi connectivity index (χ0n) is 11.9. The van der Waals surface area contributed by atoms with Crippen LogP contribution < -0.4 is 10.6 Å². The Bertz CT molecular complexity index is 562. The molecule has 1 aromatic rings. The van der Waals surface area contributed by atoms with Gasteiger partial charge in [-0.15, -0.1) is 6.42 Å². The molecular formula is C15H18N4O2. The van der Waals surface area contributed by atoms with Crippen LogP contribution in [-0.2, 0) is 0 Å². The van der Waals surface area contributed by atoms with E-state index >= 15 is 0 Å². The van der Waals surface area contributed by atoms with E-state index in [1.807, 2.05) is 0 Å². The molecule has 1 aliphatic rings. The summed E-state index contributed by atoms with van der Waals surface area (Å²) in [7, 11) is 1.55. The molecule has 0 radical (unpaired) electrons. The molecule has 0 bridgehead atoms. The van der Waals surface area contributed by atoms with E-state index in [0.29, 0.717) is 17.9 Å². The lowest BCUT2D eigenvalue weighted by Crippen LogP contribution is -2.45. The van der Waals surface area contributed by atoms with E-state index in [1.54, 1.807) is 24.1 Å². The summed E-state index contributed by atoms with van der Waals surface area (Å²) in [5.41, 5.74) is 0.440. The minimum absolute atomic E-state index is 0.163. The lowest BCUT2D eigenvalue weighted by Gasteiger charge is -2.32. The first-order valence-corrected chi connectivity index (χ1v) is 6.87. The van der Waals surface area contributed by atoms with Gasteiger partial charge in [0, 0.05) is 19.8 Å². The van der Waals surface area contributed by atoms with Crippen LogP contribution >= 0.6 is 0 Å². The maximum absolute atomic E-state index is 12.2. The highest BCUT2D eigenvalue weighted by Gasteiger charge is 2.25. The molecule has 1 saturated heterocycles. The van der Waals surface area contributed by atoms with Crippen LogP contribution in [0.25, 0.3) is 0 Å². The average Bonchev–Trinajstić information content (AvgIpc) is 2.54. The molecule has 21 heavy (non-hydrogen) atoms. The number of hydrogen-bond acceptors (Lipinski definition) is 3. The molecule has 1 fully saturated rings. The Kier molecular flexibility index (Phi) is 4.77. The SMILES string of the molecule is C#CC1CCCCN1C(=O)Nc1ccc(C(=O)NC)cn1. The molecular weight excluding hydrogens is 268 g/mol. The molecule has 3 amide bonds. The molecule has 2 heterocycles. The molecule has 6 nitrogen and oxygen atoms in total. The van der Waals surface area contributed by atoms with Crippen molar-refractivity contribution in [1.29, 1.82) is 0 Å².